The number of nitrogens with zero attached hydrogens (tertiary/aromatic N) is 1. The Kier molecular flexibility index (Phi) is 7.02. The van der Waals surface area contributed by atoms with Crippen molar-refractivity contribution in [3.8, 4) is 0 Å². The molecule has 0 bridgehead atoms. The van der Waals surface area contributed by atoms with Crippen LogP contribution in [0.25, 0.3) is 0 Å². The molecule has 13 heavy (non-hydrogen) atoms. The average Bonchev–Trinajstić information content (AvgIpc) is 2.17. The zero-order valence-electron chi connectivity index (χ0n) is 8.08. The van der Waals surface area contributed by atoms with Crippen LogP contribution in [0.3, 0.4) is 0 Å². The summed E-state index contributed by atoms with van der Waals surface area (Å²) in [5, 5.41) is 0. The van der Waals surface area contributed by atoms with Gasteiger partial charge < -0.3 is 4.98 Å². The molecule has 1 nitrogen and oxygen atoms in total. The number of aromatic nitrogens is 1. The van der Waals surface area contributed by atoms with Crippen molar-refractivity contribution in [1.82, 2.24) is 4.98 Å². The first-order chi connectivity index (χ1) is 5.86. The first-order valence-electron chi connectivity index (χ1n) is 3.76. The Morgan fingerprint density at radius 3 is 1.15 bits per heavy atom. The van der Waals surface area contributed by atoms with Crippen molar-refractivity contribution in [1.29, 1.82) is 0 Å². The SMILES string of the molecule is Cc1[n-]c(C)c(C)c1C.[Cl][Zr]([Cl])[Cl]. The molecule has 0 saturated heterocycles. The van der Waals surface area contributed by atoms with Crippen molar-refractivity contribution in [2.75, 3.05) is 0 Å². The van der Waals surface area contributed by atoms with Gasteiger partial charge in [0.15, 0.2) is 0 Å². The fourth-order valence-corrected chi connectivity index (χ4v) is 0.962. The van der Waals surface area contributed by atoms with E-state index in [1.807, 2.05) is 0 Å². The molecular weight excluding hydrogens is 308 g/mol. The van der Waals surface area contributed by atoms with Gasteiger partial charge in [-0.3, -0.25) is 0 Å². The molecule has 1 aromatic heterocycles. The summed E-state index contributed by atoms with van der Waals surface area (Å²) < 4.78 is 0. The van der Waals surface area contributed by atoms with E-state index in [9.17, 15) is 0 Å². The van der Waals surface area contributed by atoms with Gasteiger partial charge in [0.1, 0.15) is 0 Å². The number of halogens is 3. The van der Waals surface area contributed by atoms with Crippen molar-refractivity contribution >= 4 is 25.5 Å². The predicted octanol–water partition coefficient (Wildman–Crippen LogP) is 3.94. The molecule has 0 aromatic carbocycles. The van der Waals surface area contributed by atoms with E-state index >= 15 is 0 Å². The third kappa shape index (κ3) is 5.47. The molecule has 0 aliphatic rings. The van der Waals surface area contributed by atoms with Crippen molar-refractivity contribution in [3.05, 3.63) is 22.5 Å². The Labute approximate surface area is 98.1 Å². The van der Waals surface area contributed by atoms with Crippen molar-refractivity contribution in [2.24, 2.45) is 0 Å². The van der Waals surface area contributed by atoms with E-state index in [0.29, 0.717) is 0 Å². The van der Waals surface area contributed by atoms with Crippen LogP contribution in [0.15, 0.2) is 0 Å². The molecule has 0 radical (unpaired) electrons. The van der Waals surface area contributed by atoms with Gasteiger partial charge in [0.05, 0.1) is 0 Å². The minimum atomic E-state index is -2.13. The standard InChI is InChI=1S/C8H12N.3ClH.Zr/c1-5-6(2)8(4)9-7(5)3;;;;/h1-4H3;3*1H;/q-1;;;;+3/p-3. The normalized spacial score (nSPS) is 9.15. The topological polar surface area (TPSA) is 14.1 Å². The Hall–Kier alpha value is 1.03. The summed E-state index contributed by atoms with van der Waals surface area (Å²) in [4.78, 5) is 4.31. The van der Waals surface area contributed by atoms with Gasteiger partial charge >= 0.3 is 43.7 Å². The van der Waals surface area contributed by atoms with Crippen molar-refractivity contribution < 1.29 is 18.2 Å². The molecule has 1 heterocycles. The molecule has 0 N–H and O–H groups in total. The van der Waals surface area contributed by atoms with Crippen LogP contribution in [0.4, 0.5) is 0 Å². The molecule has 75 valence electrons. The van der Waals surface area contributed by atoms with Gasteiger partial charge in [-0.15, -0.1) is 0 Å². The van der Waals surface area contributed by atoms with E-state index in [1.54, 1.807) is 0 Å². The third-order valence-electron chi connectivity index (χ3n) is 1.98. The second-order valence-electron chi connectivity index (χ2n) is 2.75. The van der Waals surface area contributed by atoms with Crippen LogP contribution >= 0.6 is 25.5 Å². The number of hydrogen-bond donors (Lipinski definition) is 0. The van der Waals surface area contributed by atoms with Crippen LogP contribution in [0.2, 0.25) is 0 Å². The molecule has 1 rings (SSSR count). The zero-order valence-corrected chi connectivity index (χ0v) is 12.8. The van der Waals surface area contributed by atoms with E-state index in [4.69, 9.17) is 25.5 Å². The van der Waals surface area contributed by atoms with E-state index in [0.717, 1.165) is 0 Å². The van der Waals surface area contributed by atoms with Crippen LogP contribution in [0.1, 0.15) is 22.5 Å². The molecule has 5 heteroatoms. The molecule has 0 aliphatic heterocycles. The first kappa shape index (κ1) is 14.0. The fourth-order valence-electron chi connectivity index (χ4n) is 0.962. The van der Waals surface area contributed by atoms with Gasteiger partial charge in [-0.25, -0.2) is 0 Å². The van der Waals surface area contributed by atoms with Crippen molar-refractivity contribution in [3.63, 3.8) is 0 Å². The maximum atomic E-state index is 5.00. The molecule has 1 aromatic rings. The summed E-state index contributed by atoms with van der Waals surface area (Å²) in [6.07, 6.45) is 0. The van der Waals surface area contributed by atoms with Crippen LogP contribution < -0.4 is 4.98 Å². The van der Waals surface area contributed by atoms with E-state index in [1.165, 1.54) is 22.5 Å². The van der Waals surface area contributed by atoms with Crippen LogP contribution in [0.5, 0.6) is 0 Å². The molecular formula is C8H12Cl3NZr-. The second kappa shape index (κ2) is 6.50. The molecule has 0 unspecified atom stereocenters. The Morgan fingerprint density at radius 1 is 0.846 bits per heavy atom. The van der Waals surface area contributed by atoms with Crippen LogP contribution in [0, 0.1) is 27.7 Å². The Balaban J connectivity index is 0.000000310. The summed E-state index contributed by atoms with van der Waals surface area (Å²) in [6.45, 7) is 8.33. The predicted molar refractivity (Wildman–Crippen MR) is 56.3 cm³/mol. The Morgan fingerprint density at radius 2 is 1.08 bits per heavy atom. The van der Waals surface area contributed by atoms with Gasteiger partial charge in [-0.05, 0) is 13.8 Å². The monoisotopic (exact) mass is 317 g/mol. The molecule has 0 atom stereocenters. The molecule has 0 saturated carbocycles. The summed E-state index contributed by atoms with van der Waals surface area (Å²) in [5.74, 6) is 0. The van der Waals surface area contributed by atoms with Gasteiger partial charge in [-0.2, -0.15) is 11.4 Å². The van der Waals surface area contributed by atoms with Gasteiger partial charge in [-0.1, -0.05) is 25.0 Å². The molecule has 0 aliphatic carbocycles. The fraction of sp³-hybridized carbons (Fsp3) is 0.500. The number of aryl methyl sites for hydroxylation is 2. The van der Waals surface area contributed by atoms with Crippen LogP contribution in [-0.4, -0.2) is 0 Å². The molecule has 0 amide bonds. The number of rotatable bonds is 0. The summed E-state index contributed by atoms with van der Waals surface area (Å²) >= 11 is -2.13. The van der Waals surface area contributed by atoms with Gasteiger partial charge in [0.25, 0.3) is 0 Å². The second-order valence-corrected chi connectivity index (χ2v) is 13.9. The summed E-state index contributed by atoms with van der Waals surface area (Å²) in [7, 11) is 15.0. The van der Waals surface area contributed by atoms with Gasteiger partial charge in [0, 0.05) is 0 Å². The average molecular weight is 320 g/mol. The third-order valence-corrected chi connectivity index (χ3v) is 1.98. The molecule has 0 fully saturated rings. The zero-order chi connectivity index (χ0) is 10.6. The quantitative estimate of drug-likeness (QED) is 0.706. The Bertz CT molecular complexity index is 245. The summed E-state index contributed by atoms with van der Waals surface area (Å²) in [6, 6.07) is 0. The number of hydrogen-bond acceptors (Lipinski definition) is 0. The first-order valence-corrected chi connectivity index (χ1v) is 13.3. The van der Waals surface area contributed by atoms with E-state index < -0.39 is 18.2 Å². The van der Waals surface area contributed by atoms with E-state index in [-0.39, 0.29) is 0 Å². The maximum absolute atomic E-state index is 5.00. The van der Waals surface area contributed by atoms with Gasteiger partial charge in [0.2, 0.25) is 0 Å². The minimum absolute atomic E-state index is 1.17. The summed E-state index contributed by atoms with van der Waals surface area (Å²) in [5.41, 5.74) is 5.02. The van der Waals surface area contributed by atoms with E-state index in [2.05, 4.69) is 32.7 Å². The van der Waals surface area contributed by atoms with Crippen molar-refractivity contribution in [2.45, 2.75) is 27.7 Å². The molecule has 0 spiro atoms. The van der Waals surface area contributed by atoms with Crippen LogP contribution in [-0.2, 0) is 18.2 Å².